The van der Waals surface area contributed by atoms with Gasteiger partial charge in [0, 0.05) is 28.1 Å². The van der Waals surface area contributed by atoms with Crippen molar-refractivity contribution in [3.8, 4) is 11.1 Å². The molecule has 0 amide bonds. The van der Waals surface area contributed by atoms with Crippen molar-refractivity contribution in [1.82, 2.24) is 4.57 Å². The van der Waals surface area contributed by atoms with E-state index in [9.17, 15) is 0 Å². The lowest BCUT2D eigenvalue weighted by Gasteiger charge is -2.40. The van der Waals surface area contributed by atoms with Gasteiger partial charge in [0.15, 0.2) is 0 Å². The van der Waals surface area contributed by atoms with Crippen LogP contribution >= 0.6 is 0 Å². The summed E-state index contributed by atoms with van der Waals surface area (Å²) < 4.78 is 2.65. The molecule has 2 nitrogen and oxygen atoms in total. The SMILES string of the molecule is C1=C(c2cccc(C3CCCCC3)c2)C2c3ccccc3N3c4ccc(-c5ccccc5C5CCCCC5)c5c6ccccc6n(c45)C(=C1)C23. The van der Waals surface area contributed by atoms with Gasteiger partial charge in [-0.3, -0.25) is 0 Å². The Labute approximate surface area is 295 Å². The molecule has 0 saturated heterocycles. The van der Waals surface area contributed by atoms with Crippen molar-refractivity contribution in [3.05, 3.63) is 144 Å². The smallest absolute Gasteiger partial charge is 0.0857 e. The summed E-state index contributed by atoms with van der Waals surface area (Å²) in [6, 6.07) is 42.6. The fraction of sp³-hybridized carbons (Fsp3) is 0.292. The molecule has 2 saturated carbocycles. The second kappa shape index (κ2) is 11.4. The largest absolute Gasteiger partial charge is 0.329 e. The summed E-state index contributed by atoms with van der Waals surface area (Å²) in [5.41, 5.74) is 17.0. The number of allylic oxidation sites excluding steroid dienone is 2. The summed E-state index contributed by atoms with van der Waals surface area (Å²) >= 11 is 0. The predicted molar refractivity (Wildman–Crippen MR) is 210 cm³/mol. The number of hydrogen-bond acceptors (Lipinski definition) is 1. The molecular formula is C48H44N2. The number of fused-ring (bicyclic) bond motifs is 8. The molecule has 3 aliphatic carbocycles. The van der Waals surface area contributed by atoms with Crippen LogP contribution in [0, 0.1) is 0 Å². The Bertz CT molecular complexity index is 2370. The summed E-state index contributed by atoms with van der Waals surface area (Å²) in [5.74, 6) is 1.61. The summed E-state index contributed by atoms with van der Waals surface area (Å²) in [7, 11) is 0. The lowest BCUT2D eigenvalue weighted by Crippen LogP contribution is -2.38. The summed E-state index contributed by atoms with van der Waals surface area (Å²) in [5, 5.41) is 2.76. The van der Waals surface area contributed by atoms with Gasteiger partial charge in [-0.15, -0.1) is 0 Å². The minimum Gasteiger partial charge on any atom is -0.329 e. The minimum atomic E-state index is 0.206. The third-order valence-corrected chi connectivity index (χ3v) is 13.1. The van der Waals surface area contributed by atoms with Gasteiger partial charge in [0.1, 0.15) is 0 Å². The zero-order valence-corrected chi connectivity index (χ0v) is 28.8. The first kappa shape index (κ1) is 29.0. The van der Waals surface area contributed by atoms with Crippen LogP contribution in [-0.4, -0.2) is 10.6 Å². The maximum absolute atomic E-state index is 2.71. The molecule has 2 atom stereocenters. The van der Waals surface area contributed by atoms with Gasteiger partial charge in [-0.25, -0.2) is 0 Å². The van der Waals surface area contributed by atoms with Crippen molar-refractivity contribution in [1.29, 1.82) is 0 Å². The van der Waals surface area contributed by atoms with Crippen LogP contribution in [-0.2, 0) is 0 Å². The normalized spacial score (nSPS) is 21.6. The zero-order valence-electron chi connectivity index (χ0n) is 28.8. The molecule has 2 fully saturated rings. The average molecular weight is 649 g/mol. The molecule has 1 aromatic heterocycles. The molecule has 246 valence electrons. The van der Waals surface area contributed by atoms with E-state index in [1.54, 1.807) is 5.56 Å². The first-order valence-corrected chi connectivity index (χ1v) is 19.4. The Balaban J connectivity index is 1.15. The molecule has 5 aliphatic rings. The predicted octanol–water partition coefficient (Wildman–Crippen LogP) is 13.1. The second-order valence-electron chi connectivity index (χ2n) is 15.7. The van der Waals surface area contributed by atoms with Gasteiger partial charge in [-0.1, -0.05) is 136 Å². The monoisotopic (exact) mass is 648 g/mol. The third-order valence-electron chi connectivity index (χ3n) is 13.1. The molecule has 2 unspecified atom stereocenters. The van der Waals surface area contributed by atoms with Crippen molar-refractivity contribution in [2.45, 2.75) is 88.0 Å². The topological polar surface area (TPSA) is 8.17 Å². The lowest BCUT2D eigenvalue weighted by atomic mass is 9.77. The number of hydrogen-bond donors (Lipinski definition) is 0. The van der Waals surface area contributed by atoms with Crippen molar-refractivity contribution < 1.29 is 0 Å². The molecule has 50 heavy (non-hydrogen) atoms. The Hall–Kier alpha value is -4.82. The van der Waals surface area contributed by atoms with Gasteiger partial charge in [-0.05, 0) is 101 Å². The fourth-order valence-corrected chi connectivity index (χ4v) is 10.9. The maximum atomic E-state index is 2.71. The molecular weight excluding hydrogens is 605 g/mol. The molecule has 0 N–H and O–H groups in total. The Morgan fingerprint density at radius 1 is 0.540 bits per heavy atom. The van der Waals surface area contributed by atoms with Crippen molar-refractivity contribution in [3.63, 3.8) is 0 Å². The highest BCUT2D eigenvalue weighted by molar-refractivity contribution is 6.22. The number of aromatic nitrogens is 1. The standard InChI is InChI=1S/C48H44N2/c1-3-14-31(15-4-1)33-18-13-19-34(30-33)36-26-28-43-47-45(36)39-22-9-11-24-41(39)49(47)44-29-27-38(46-40-23-10-12-25-42(40)50(43)48(44)46)37-21-8-7-20-35(37)32-16-5-2-6-17-32/h7-13,18-32,45,47H,1-6,14-17H2. The highest BCUT2D eigenvalue weighted by Crippen LogP contribution is 2.60. The van der Waals surface area contributed by atoms with E-state index in [0.29, 0.717) is 11.8 Å². The second-order valence-corrected chi connectivity index (χ2v) is 15.7. The van der Waals surface area contributed by atoms with E-state index in [1.165, 1.54) is 136 Å². The van der Waals surface area contributed by atoms with E-state index < -0.39 is 0 Å². The lowest BCUT2D eigenvalue weighted by molar-refractivity contribution is 0.443. The van der Waals surface area contributed by atoms with Crippen LogP contribution in [0.25, 0.3) is 44.2 Å². The molecule has 11 rings (SSSR count). The van der Waals surface area contributed by atoms with E-state index in [-0.39, 0.29) is 12.0 Å². The number of nitrogens with zero attached hydrogens (tertiary/aromatic N) is 2. The Morgan fingerprint density at radius 3 is 2.14 bits per heavy atom. The summed E-state index contributed by atoms with van der Waals surface area (Å²) in [6.07, 6.45) is 18.4. The average Bonchev–Trinajstić information content (AvgIpc) is 3.73. The van der Waals surface area contributed by atoms with E-state index in [1.807, 2.05) is 0 Å². The van der Waals surface area contributed by atoms with Crippen LogP contribution in [0.2, 0.25) is 0 Å². The van der Waals surface area contributed by atoms with Crippen LogP contribution in [0.1, 0.15) is 104 Å². The number of rotatable bonds is 4. The first-order valence-electron chi connectivity index (χ1n) is 19.4. The highest BCUT2D eigenvalue weighted by atomic mass is 15.3. The number of para-hydroxylation sites is 2. The molecule has 5 aromatic carbocycles. The quantitative estimate of drug-likeness (QED) is 0.185. The van der Waals surface area contributed by atoms with Crippen LogP contribution in [0.15, 0.2) is 121 Å². The van der Waals surface area contributed by atoms with Crippen molar-refractivity contribution >= 4 is 44.5 Å². The Kier molecular flexibility index (Phi) is 6.58. The van der Waals surface area contributed by atoms with Crippen LogP contribution in [0.4, 0.5) is 11.4 Å². The van der Waals surface area contributed by atoms with E-state index in [0.717, 1.165) is 0 Å². The number of anilines is 2. The summed E-state index contributed by atoms with van der Waals surface area (Å²) in [4.78, 5) is 2.71. The van der Waals surface area contributed by atoms with Gasteiger partial charge >= 0.3 is 0 Å². The van der Waals surface area contributed by atoms with Gasteiger partial charge in [0.2, 0.25) is 0 Å². The van der Waals surface area contributed by atoms with Crippen LogP contribution < -0.4 is 4.90 Å². The van der Waals surface area contributed by atoms with Gasteiger partial charge in [0.05, 0.1) is 22.8 Å². The maximum Gasteiger partial charge on any atom is 0.0857 e. The van der Waals surface area contributed by atoms with Crippen LogP contribution in [0.5, 0.6) is 0 Å². The minimum absolute atomic E-state index is 0.206. The summed E-state index contributed by atoms with van der Waals surface area (Å²) in [6.45, 7) is 0. The molecule has 3 heterocycles. The van der Waals surface area contributed by atoms with E-state index in [2.05, 4.69) is 131 Å². The molecule has 0 spiro atoms. The van der Waals surface area contributed by atoms with Crippen molar-refractivity contribution in [2.75, 3.05) is 4.90 Å². The zero-order chi connectivity index (χ0) is 32.8. The van der Waals surface area contributed by atoms with E-state index >= 15 is 0 Å². The fourth-order valence-electron chi connectivity index (χ4n) is 10.9. The van der Waals surface area contributed by atoms with Crippen molar-refractivity contribution in [2.24, 2.45) is 0 Å². The molecule has 2 aliphatic heterocycles. The van der Waals surface area contributed by atoms with Gasteiger partial charge in [0.25, 0.3) is 0 Å². The van der Waals surface area contributed by atoms with Gasteiger partial charge < -0.3 is 9.47 Å². The Morgan fingerprint density at radius 2 is 1.28 bits per heavy atom. The van der Waals surface area contributed by atoms with Crippen LogP contribution in [0.3, 0.4) is 0 Å². The van der Waals surface area contributed by atoms with Gasteiger partial charge in [-0.2, -0.15) is 0 Å². The highest BCUT2D eigenvalue weighted by Gasteiger charge is 2.48. The molecule has 2 heteroatoms. The molecule has 6 aromatic rings. The number of benzene rings is 5. The molecule has 0 radical (unpaired) electrons. The third kappa shape index (κ3) is 4.14. The van der Waals surface area contributed by atoms with E-state index in [4.69, 9.17) is 0 Å². The first-order chi connectivity index (χ1) is 24.8. The molecule has 0 bridgehead atoms.